The van der Waals surface area contributed by atoms with Crippen molar-refractivity contribution in [2.75, 3.05) is 16.0 Å². The van der Waals surface area contributed by atoms with Gasteiger partial charge < -0.3 is 5.32 Å². The highest BCUT2D eigenvalue weighted by atomic mass is 32.2. The number of hydrogen-bond acceptors (Lipinski definition) is 3. The minimum Gasteiger partial charge on any atom is -0.326 e. The maximum absolute atomic E-state index is 12.9. The molecule has 5 heteroatoms. The van der Waals surface area contributed by atoms with Gasteiger partial charge in [0.1, 0.15) is 5.37 Å². The van der Waals surface area contributed by atoms with Crippen molar-refractivity contribution in [2.45, 2.75) is 38.5 Å². The smallest absolute Gasteiger partial charge is 0.238 e. The standard InChI is InChI=1S/C27H28N2O2S/c1-4-23(20-10-6-5-7-11-20)26(31)28-22-15-13-21(14-16-22)27-29(25(30)17-32-27)24-12-8-9-18(2)19(24)3/h5-16,23,27H,4,17H2,1-3H3,(H,28,31)/t23-,27-/m1/s1. The van der Waals surface area contributed by atoms with Gasteiger partial charge in [0.2, 0.25) is 11.8 Å². The van der Waals surface area contributed by atoms with Crippen molar-refractivity contribution in [3.05, 3.63) is 95.1 Å². The Bertz CT molecular complexity index is 1110. The van der Waals surface area contributed by atoms with Gasteiger partial charge in [-0.2, -0.15) is 0 Å². The molecule has 0 aliphatic carbocycles. The third-order valence-corrected chi connectivity index (χ3v) is 7.31. The molecule has 1 aliphatic heterocycles. The number of thioether (sulfide) groups is 1. The summed E-state index contributed by atoms with van der Waals surface area (Å²) in [5.74, 6) is 0.401. The van der Waals surface area contributed by atoms with Crippen LogP contribution in [0.1, 0.15) is 46.9 Å². The summed E-state index contributed by atoms with van der Waals surface area (Å²) >= 11 is 1.64. The molecule has 4 nitrogen and oxygen atoms in total. The zero-order chi connectivity index (χ0) is 22.7. The summed E-state index contributed by atoms with van der Waals surface area (Å²) in [6.07, 6.45) is 0.736. The second-order valence-corrected chi connectivity index (χ2v) is 9.20. The maximum atomic E-state index is 12.9. The average molecular weight is 445 g/mol. The Morgan fingerprint density at radius 3 is 2.44 bits per heavy atom. The zero-order valence-corrected chi connectivity index (χ0v) is 19.5. The van der Waals surface area contributed by atoms with Crippen LogP contribution < -0.4 is 10.2 Å². The quantitative estimate of drug-likeness (QED) is 0.491. The lowest BCUT2D eigenvalue weighted by molar-refractivity contribution is -0.118. The molecule has 0 saturated carbocycles. The first-order valence-electron chi connectivity index (χ1n) is 10.9. The van der Waals surface area contributed by atoms with Crippen LogP contribution >= 0.6 is 11.8 Å². The number of hydrogen-bond donors (Lipinski definition) is 1. The summed E-state index contributed by atoms with van der Waals surface area (Å²) in [5.41, 5.74) is 6.11. The molecule has 0 aromatic heterocycles. The molecule has 1 fully saturated rings. The van der Waals surface area contributed by atoms with Crippen molar-refractivity contribution in [1.29, 1.82) is 0 Å². The van der Waals surface area contributed by atoms with E-state index in [-0.39, 0.29) is 23.1 Å². The number of anilines is 2. The Balaban J connectivity index is 1.52. The van der Waals surface area contributed by atoms with Gasteiger partial charge in [0.05, 0.1) is 11.7 Å². The third kappa shape index (κ3) is 4.44. The van der Waals surface area contributed by atoms with Crippen molar-refractivity contribution in [2.24, 2.45) is 0 Å². The molecule has 3 aromatic rings. The van der Waals surface area contributed by atoms with Gasteiger partial charge in [-0.15, -0.1) is 11.8 Å². The first kappa shape index (κ1) is 22.2. The number of rotatable bonds is 6. The van der Waals surface area contributed by atoms with Crippen LogP contribution in [-0.2, 0) is 9.59 Å². The molecule has 0 spiro atoms. The normalized spacial score (nSPS) is 16.8. The molecule has 4 rings (SSSR count). The number of nitrogens with one attached hydrogen (secondary N) is 1. The van der Waals surface area contributed by atoms with Crippen molar-refractivity contribution in [1.82, 2.24) is 0 Å². The highest BCUT2D eigenvalue weighted by Gasteiger charge is 2.35. The average Bonchev–Trinajstić information content (AvgIpc) is 3.18. The molecular formula is C27H28N2O2S. The van der Waals surface area contributed by atoms with Crippen LogP contribution in [0, 0.1) is 13.8 Å². The molecule has 164 valence electrons. The lowest BCUT2D eigenvalue weighted by atomic mass is 9.95. The maximum Gasteiger partial charge on any atom is 0.238 e. The van der Waals surface area contributed by atoms with Crippen molar-refractivity contribution in [3.8, 4) is 0 Å². The van der Waals surface area contributed by atoms with E-state index < -0.39 is 0 Å². The molecule has 32 heavy (non-hydrogen) atoms. The van der Waals surface area contributed by atoms with Gasteiger partial charge in [-0.1, -0.05) is 61.5 Å². The largest absolute Gasteiger partial charge is 0.326 e. The van der Waals surface area contributed by atoms with E-state index >= 15 is 0 Å². The van der Waals surface area contributed by atoms with E-state index in [9.17, 15) is 9.59 Å². The Kier molecular flexibility index (Phi) is 6.66. The minimum absolute atomic E-state index is 0.00567. The van der Waals surface area contributed by atoms with Crippen LogP contribution in [0.25, 0.3) is 0 Å². The van der Waals surface area contributed by atoms with Crippen LogP contribution in [0.4, 0.5) is 11.4 Å². The SMILES string of the molecule is CC[C@@H](C(=O)Nc1ccc([C@H]2SCC(=O)N2c2cccc(C)c2C)cc1)c1ccccc1. The molecule has 1 N–H and O–H groups in total. The van der Waals surface area contributed by atoms with Gasteiger partial charge >= 0.3 is 0 Å². The molecular weight excluding hydrogens is 416 g/mol. The first-order chi connectivity index (χ1) is 15.5. The van der Waals surface area contributed by atoms with E-state index in [2.05, 4.69) is 25.2 Å². The molecule has 2 atom stereocenters. The van der Waals surface area contributed by atoms with Crippen LogP contribution in [-0.4, -0.2) is 17.6 Å². The van der Waals surface area contributed by atoms with Gasteiger partial charge in [-0.05, 0) is 60.7 Å². The second kappa shape index (κ2) is 9.61. The fourth-order valence-corrected chi connectivity index (χ4v) is 5.32. The molecule has 1 aliphatic rings. The lowest BCUT2D eigenvalue weighted by Crippen LogP contribution is -2.28. The highest BCUT2D eigenvalue weighted by molar-refractivity contribution is 8.00. The fraction of sp³-hybridized carbons (Fsp3) is 0.259. The van der Waals surface area contributed by atoms with Crippen molar-refractivity contribution < 1.29 is 9.59 Å². The summed E-state index contributed by atoms with van der Waals surface area (Å²) in [6.45, 7) is 6.15. The third-order valence-electron chi connectivity index (χ3n) is 6.09. The molecule has 1 saturated heterocycles. The number of carbonyl (C=O) groups is 2. The summed E-state index contributed by atoms with van der Waals surface area (Å²) in [6, 6.07) is 23.8. The van der Waals surface area contributed by atoms with Gasteiger partial charge in [0.25, 0.3) is 0 Å². The van der Waals surface area contributed by atoms with E-state index in [0.29, 0.717) is 5.75 Å². The van der Waals surface area contributed by atoms with Gasteiger partial charge in [-0.3, -0.25) is 14.5 Å². The molecule has 0 radical (unpaired) electrons. The van der Waals surface area contributed by atoms with E-state index in [1.807, 2.05) is 78.6 Å². The molecule has 3 aromatic carbocycles. The summed E-state index contributed by atoms with van der Waals surface area (Å²) in [5, 5.41) is 2.98. The predicted octanol–water partition coefficient (Wildman–Crippen LogP) is 6.21. The monoisotopic (exact) mass is 444 g/mol. The van der Waals surface area contributed by atoms with Gasteiger partial charge in [0, 0.05) is 11.4 Å². The molecule has 1 heterocycles. The Morgan fingerprint density at radius 2 is 1.75 bits per heavy atom. The summed E-state index contributed by atoms with van der Waals surface area (Å²) in [7, 11) is 0. The van der Waals surface area contributed by atoms with Gasteiger partial charge in [-0.25, -0.2) is 0 Å². The van der Waals surface area contributed by atoms with Crippen molar-refractivity contribution >= 4 is 35.0 Å². The molecule has 0 bridgehead atoms. The predicted molar refractivity (Wildman–Crippen MR) is 133 cm³/mol. The Morgan fingerprint density at radius 1 is 1.03 bits per heavy atom. The fourth-order valence-electron chi connectivity index (χ4n) is 4.15. The topological polar surface area (TPSA) is 49.4 Å². The highest BCUT2D eigenvalue weighted by Crippen LogP contribution is 2.43. The Hall–Kier alpha value is -3.05. The van der Waals surface area contributed by atoms with Crippen LogP contribution in [0.5, 0.6) is 0 Å². The minimum atomic E-state index is -0.182. The second-order valence-electron chi connectivity index (χ2n) is 8.13. The van der Waals surface area contributed by atoms with Crippen LogP contribution in [0.3, 0.4) is 0 Å². The number of amides is 2. The Labute approximate surface area is 194 Å². The van der Waals surface area contributed by atoms with Crippen molar-refractivity contribution in [3.63, 3.8) is 0 Å². The van der Waals surface area contributed by atoms with Gasteiger partial charge in [0.15, 0.2) is 0 Å². The zero-order valence-electron chi connectivity index (χ0n) is 18.7. The summed E-state index contributed by atoms with van der Waals surface area (Å²) in [4.78, 5) is 27.5. The number of aryl methyl sites for hydroxylation is 1. The van der Waals surface area contributed by atoms with Crippen LogP contribution in [0.2, 0.25) is 0 Å². The van der Waals surface area contributed by atoms with E-state index in [1.54, 1.807) is 11.8 Å². The van der Waals surface area contributed by atoms with E-state index in [4.69, 9.17) is 0 Å². The first-order valence-corrected chi connectivity index (χ1v) is 12.0. The number of nitrogens with zero attached hydrogens (tertiary/aromatic N) is 1. The molecule has 0 unspecified atom stereocenters. The lowest BCUT2D eigenvalue weighted by Gasteiger charge is -2.26. The number of carbonyl (C=O) groups excluding carboxylic acids is 2. The van der Waals surface area contributed by atoms with Crippen LogP contribution in [0.15, 0.2) is 72.8 Å². The number of benzene rings is 3. The molecule has 2 amide bonds. The van der Waals surface area contributed by atoms with E-state index in [1.165, 1.54) is 5.56 Å². The summed E-state index contributed by atoms with van der Waals surface area (Å²) < 4.78 is 0. The van der Waals surface area contributed by atoms with E-state index in [0.717, 1.165) is 34.5 Å².